The number of nitrogens with zero attached hydrogens (tertiary/aromatic N) is 6. The van der Waals surface area contributed by atoms with Crippen LogP contribution >= 0.6 is 0 Å². The van der Waals surface area contributed by atoms with Gasteiger partial charge in [-0.3, -0.25) is 9.48 Å². The van der Waals surface area contributed by atoms with Gasteiger partial charge in [-0.05, 0) is 18.6 Å². The fourth-order valence-electron chi connectivity index (χ4n) is 3.17. The van der Waals surface area contributed by atoms with Crippen LogP contribution < -0.4 is 0 Å². The molecule has 0 radical (unpaired) electrons. The van der Waals surface area contributed by atoms with Gasteiger partial charge in [-0.25, -0.2) is 4.68 Å². The van der Waals surface area contributed by atoms with Crippen LogP contribution in [0.2, 0.25) is 0 Å². The molecular formula is C19H22N6O2. The van der Waals surface area contributed by atoms with Crippen LogP contribution in [-0.2, 0) is 25.0 Å². The SMILES string of the molecule is Cc1cc(C(=O)N2CC(n3cc(COCc4ccccc4)nn3)C2)n(C)n1. The number of likely N-dealkylation sites (tertiary alicyclic amines) is 1. The highest BCUT2D eigenvalue weighted by molar-refractivity contribution is 5.93. The molecule has 8 nitrogen and oxygen atoms in total. The summed E-state index contributed by atoms with van der Waals surface area (Å²) in [5.74, 6) is 0.000818. The molecule has 3 heterocycles. The third-order valence-corrected chi connectivity index (χ3v) is 4.66. The number of carbonyl (C=O) groups is 1. The highest BCUT2D eigenvalue weighted by Gasteiger charge is 2.34. The van der Waals surface area contributed by atoms with Gasteiger partial charge in [0.2, 0.25) is 0 Å². The zero-order valence-electron chi connectivity index (χ0n) is 15.4. The Labute approximate surface area is 157 Å². The van der Waals surface area contributed by atoms with E-state index in [2.05, 4.69) is 15.4 Å². The first-order chi connectivity index (χ1) is 13.1. The normalized spacial score (nSPS) is 14.4. The van der Waals surface area contributed by atoms with Crippen molar-refractivity contribution in [2.24, 2.45) is 7.05 Å². The minimum Gasteiger partial charge on any atom is -0.370 e. The van der Waals surface area contributed by atoms with Gasteiger partial charge < -0.3 is 9.64 Å². The van der Waals surface area contributed by atoms with Gasteiger partial charge in [-0.2, -0.15) is 5.10 Å². The fourth-order valence-corrected chi connectivity index (χ4v) is 3.17. The lowest BCUT2D eigenvalue weighted by Gasteiger charge is -2.38. The summed E-state index contributed by atoms with van der Waals surface area (Å²) < 4.78 is 9.14. The summed E-state index contributed by atoms with van der Waals surface area (Å²) in [6.07, 6.45) is 1.89. The van der Waals surface area contributed by atoms with E-state index in [1.165, 1.54) is 0 Å². The van der Waals surface area contributed by atoms with Crippen LogP contribution in [0.4, 0.5) is 0 Å². The van der Waals surface area contributed by atoms with Crippen molar-refractivity contribution in [3.05, 3.63) is 65.2 Å². The predicted octanol–water partition coefficient (Wildman–Crippen LogP) is 1.73. The molecule has 0 unspecified atom stereocenters. The van der Waals surface area contributed by atoms with E-state index in [1.807, 2.05) is 54.2 Å². The lowest BCUT2D eigenvalue weighted by atomic mass is 10.1. The number of carbonyl (C=O) groups excluding carboxylic acids is 1. The third kappa shape index (κ3) is 3.75. The van der Waals surface area contributed by atoms with Crippen LogP contribution in [0, 0.1) is 6.92 Å². The zero-order chi connectivity index (χ0) is 18.8. The molecule has 0 spiro atoms. The Kier molecular flexibility index (Phi) is 4.72. The molecule has 140 valence electrons. The number of aromatic nitrogens is 5. The van der Waals surface area contributed by atoms with Crippen LogP contribution in [0.3, 0.4) is 0 Å². The van der Waals surface area contributed by atoms with Crippen LogP contribution in [0.25, 0.3) is 0 Å². The maximum Gasteiger partial charge on any atom is 0.272 e. The molecule has 27 heavy (non-hydrogen) atoms. The van der Waals surface area contributed by atoms with Crippen molar-refractivity contribution in [1.29, 1.82) is 0 Å². The molecule has 1 amide bonds. The number of ether oxygens (including phenoxy) is 1. The van der Waals surface area contributed by atoms with Crippen LogP contribution in [0.15, 0.2) is 42.6 Å². The minimum atomic E-state index is 0.000818. The van der Waals surface area contributed by atoms with Crippen molar-refractivity contribution in [3.8, 4) is 0 Å². The molecular weight excluding hydrogens is 344 g/mol. The molecule has 0 bridgehead atoms. The highest BCUT2D eigenvalue weighted by atomic mass is 16.5. The maximum absolute atomic E-state index is 12.5. The highest BCUT2D eigenvalue weighted by Crippen LogP contribution is 2.23. The lowest BCUT2D eigenvalue weighted by molar-refractivity contribution is 0.0487. The van der Waals surface area contributed by atoms with Crippen molar-refractivity contribution in [3.63, 3.8) is 0 Å². The van der Waals surface area contributed by atoms with Crippen molar-refractivity contribution in [1.82, 2.24) is 29.7 Å². The number of rotatable bonds is 6. The van der Waals surface area contributed by atoms with Gasteiger partial charge in [0, 0.05) is 20.1 Å². The van der Waals surface area contributed by atoms with Gasteiger partial charge in [0.1, 0.15) is 11.4 Å². The van der Waals surface area contributed by atoms with E-state index >= 15 is 0 Å². The summed E-state index contributed by atoms with van der Waals surface area (Å²) >= 11 is 0. The van der Waals surface area contributed by atoms with Gasteiger partial charge in [-0.1, -0.05) is 35.5 Å². The van der Waals surface area contributed by atoms with E-state index in [9.17, 15) is 4.79 Å². The topological polar surface area (TPSA) is 78.1 Å². The summed E-state index contributed by atoms with van der Waals surface area (Å²) in [6.45, 7) is 4.09. The second kappa shape index (κ2) is 7.32. The monoisotopic (exact) mass is 366 g/mol. The molecule has 0 aliphatic carbocycles. The standard InChI is InChI=1S/C19H22N6O2/c1-14-8-18(23(2)21-14)19(26)24-10-17(11-24)25-9-16(20-22-25)13-27-12-15-6-4-3-5-7-15/h3-9,17H,10-13H2,1-2H3. The Bertz CT molecular complexity index is 927. The molecule has 3 aromatic rings. The largest absolute Gasteiger partial charge is 0.370 e. The Morgan fingerprint density at radius 1 is 1.22 bits per heavy atom. The van der Waals surface area contributed by atoms with Crippen molar-refractivity contribution < 1.29 is 9.53 Å². The van der Waals surface area contributed by atoms with E-state index in [-0.39, 0.29) is 11.9 Å². The average Bonchev–Trinajstić information content (AvgIpc) is 3.21. The molecule has 1 saturated heterocycles. The van der Waals surface area contributed by atoms with E-state index in [0.29, 0.717) is 32.0 Å². The molecule has 4 rings (SSSR count). The molecule has 1 aliphatic rings. The Morgan fingerprint density at radius 3 is 2.70 bits per heavy atom. The molecule has 2 aromatic heterocycles. The van der Waals surface area contributed by atoms with Crippen LogP contribution in [-0.4, -0.2) is 48.7 Å². The summed E-state index contributed by atoms with van der Waals surface area (Å²) in [7, 11) is 1.79. The minimum absolute atomic E-state index is 0.000818. The van der Waals surface area contributed by atoms with E-state index in [0.717, 1.165) is 17.0 Å². The average molecular weight is 366 g/mol. The second-order valence-electron chi connectivity index (χ2n) is 6.83. The number of benzene rings is 1. The number of hydrogen-bond donors (Lipinski definition) is 0. The summed E-state index contributed by atoms with van der Waals surface area (Å²) in [5, 5.41) is 12.6. The molecule has 1 aliphatic heterocycles. The van der Waals surface area contributed by atoms with Crippen molar-refractivity contribution in [2.45, 2.75) is 26.2 Å². The molecule has 0 saturated carbocycles. The summed E-state index contributed by atoms with van der Waals surface area (Å²) in [4.78, 5) is 14.3. The van der Waals surface area contributed by atoms with Crippen molar-refractivity contribution in [2.75, 3.05) is 13.1 Å². The van der Waals surface area contributed by atoms with Gasteiger partial charge in [0.05, 0.1) is 31.1 Å². The summed E-state index contributed by atoms with van der Waals surface area (Å²) in [5.41, 5.74) is 3.37. The molecule has 1 fully saturated rings. The maximum atomic E-state index is 12.5. The van der Waals surface area contributed by atoms with Crippen LogP contribution in [0.1, 0.15) is 33.5 Å². The lowest BCUT2D eigenvalue weighted by Crippen LogP contribution is -2.51. The first-order valence-electron chi connectivity index (χ1n) is 8.92. The quantitative estimate of drug-likeness (QED) is 0.664. The predicted molar refractivity (Wildman–Crippen MR) is 97.8 cm³/mol. The molecule has 8 heteroatoms. The number of hydrogen-bond acceptors (Lipinski definition) is 5. The first kappa shape index (κ1) is 17.4. The Hall–Kier alpha value is -3.00. The van der Waals surface area contributed by atoms with E-state index in [4.69, 9.17) is 4.74 Å². The van der Waals surface area contributed by atoms with Crippen molar-refractivity contribution >= 4 is 5.91 Å². The molecule has 1 aromatic carbocycles. The van der Waals surface area contributed by atoms with E-state index < -0.39 is 0 Å². The third-order valence-electron chi connectivity index (χ3n) is 4.66. The smallest absolute Gasteiger partial charge is 0.272 e. The molecule has 0 N–H and O–H groups in total. The van der Waals surface area contributed by atoms with Gasteiger partial charge in [0.25, 0.3) is 5.91 Å². The fraction of sp³-hybridized carbons (Fsp3) is 0.368. The van der Waals surface area contributed by atoms with E-state index in [1.54, 1.807) is 16.6 Å². The Morgan fingerprint density at radius 2 is 2.00 bits per heavy atom. The number of aryl methyl sites for hydroxylation is 2. The molecule has 0 atom stereocenters. The first-order valence-corrected chi connectivity index (χ1v) is 8.92. The van der Waals surface area contributed by atoms with Gasteiger partial charge >= 0.3 is 0 Å². The zero-order valence-corrected chi connectivity index (χ0v) is 15.4. The Balaban J connectivity index is 1.27. The number of amides is 1. The second-order valence-corrected chi connectivity index (χ2v) is 6.83. The van der Waals surface area contributed by atoms with Crippen LogP contribution in [0.5, 0.6) is 0 Å². The van der Waals surface area contributed by atoms with Gasteiger partial charge in [-0.15, -0.1) is 5.10 Å². The summed E-state index contributed by atoms with van der Waals surface area (Å²) in [6, 6.07) is 12.0. The van der Waals surface area contributed by atoms with Gasteiger partial charge in [0.15, 0.2) is 0 Å².